The smallest absolute Gasteiger partial charge is 0.326 e. The largest absolute Gasteiger partial charge is 0.480 e. The lowest BCUT2D eigenvalue weighted by molar-refractivity contribution is -0.143. The third-order valence-corrected chi connectivity index (χ3v) is 4.36. The van der Waals surface area contributed by atoms with Crippen LogP contribution in [0.2, 0.25) is 0 Å². The third-order valence-electron chi connectivity index (χ3n) is 4.36. The molecular weight excluding hydrogens is 272 g/mol. The van der Waals surface area contributed by atoms with Crippen LogP contribution in [0.3, 0.4) is 0 Å². The Morgan fingerprint density at radius 1 is 1.48 bits per heavy atom. The van der Waals surface area contributed by atoms with E-state index in [0.29, 0.717) is 19.0 Å². The molecule has 3 heterocycles. The van der Waals surface area contributed by atoms with Gasteiger partial charge in [-0.25, -0.2) is 14.6 Å². The normalized spacial score (nSPS) is 25.6. The molecule has 0 radical (unpaired) electrons. The molecular formula is C14H20N4O3. The zero-order valence-corrected chi connectivity index (χ0v) is 12.1. The molecule has 1 saturated heterocycles. The monoisotopic (exact) mass is 292 g/mol. The van der Waals surface area contributed by atoms with Crippen molar-refractivity contribution < 1.29 is 14.7 Å². The van der Waals surface area contributed by atoms with E-state index in [1.165, 1.54) is 4.90 Å². The Morgan fingerprint density at radius 3 is 3.00 bits per heavy atom. The number of aromatic nitrogens is 2. The van der Waals surface area contributed by atoms with Crippen molar-refractivity contribution in [2.24, 2.45) is 5.92 Å². The quantitative estimate of drug-likeness (QED) is 0.810. The molecule has 2 N–H and O–H groups in total. The molecule has 2 unspecified atom stereocenters. The molecule has 7 heteroatoms. The second-order valence-corrected chi connectivity index (χ2v) is 5.99. The minimum Gasteiger partial charge on any atom is -0.480 e. The van der Waals surface area contributed by atoms with E-state index in [0.717, 1.165) is 24.2 Å². The van der Waals surface area contributed by atoms with Crippen LogP contribution in [-0.2, 0) is 17.8 Å². The highest BCUT2D eigenvalue weighted by atomic mass is 16.4. The van der Waals surface area contributed by atoms with Gasteiger partial charge in [0, 0.05) is 19.5 Å². The van der Waals surface area contributed by atoms with Crippen LogP contribution in [0.5, 0.6) is 0 Å². The molecule has 0 aromatic carbocycles. The number of H-pyrrole nitrogens is 1. The van der Waals surface area contributed by atoms with E-state index in [9.17, 15) is 14.7 Å². The van der Waals surface area contributed by atoms with Crippen molar-refractivity contribution in [1.29, 1.82) is 0 Å². The van der Waals surface area contributed by atoms with Crippen LogP contribution >= 0.6 is 0 Å². The van der Waals surface area contributed by atoms with Crippen LogP contribution in [0.25, 0.3) is 0 Å². The molecule has 1 aromatic heterocycles. The van der Waals surface area contributed by atoms with Crippen LogP contribution in [-0.4, -0.2) is 56.0 Å². The number of carboxylic acids is 1. The Kier molecular flexibility index (Phi) is 3.57. The standard InChI is InChI=1S/C14H20N4O3/c1-9-3-2-4-17(6-9)14(21)18-7-11-10(15-8-16-11)5-12(18)13(19)20/h8-9,12H,2-7H2,1H3,(H,15,16)(H,19,20). The average molecular weight is 292 g/mol. The van der Waals surface area contributed by atoms with Crippen molar-refractivity contribution >= 4 is 12.0 Å². The summed E-state index contributed by atoms with van der Waals surface area (Å²) in [5.41, 5.74) is 1.59. The summed E-state index contributed by atoms with van der Waals surface area (Å²) < 4.78 is 0. The molecule has 0 saturated carbocycles. The van der Waals surface area contributed by atoms with E-state index in [2.05, 4.69) is 16.9 Å². The van der Waals surface area contributed by atoms with Gasteiger partial charge in [-0.15, -0.1) is 0 Å². The first-order valence-corrected chi connectivity index (χ1v) is 7.35. The number of nitrogens with one attached hydrogen (secondary N) is 1. The van der Waals surface area contributed by atoms with Crippen molar-refractivity contribution in [3.8, 4) is 0 Å². The molecule has 0 spiro atoms. The summed E-state index contributed by atoms with van der Waals surface area (Å²) in [7, 11) is 0. The Hall–Kier alpha value is -2.05. The van der Waals surface area contributed by atoms with Gasteiger partial charge in [0.2, 0.25) is 0 Å². The summed E-state index contributed by atoms with van der Waals surface area (Å²) in [6.07, 6.45) is 3.93. The number of aromatic amines is 1. The van der Waals surface area contributed by atoms with E-state index in [-0.39, 0.29) is 19.0 Å². The number of carboxylic acid groups (broad SMARTS) is 1. The van der Waals surface area contributed by atoms with E-state index < -0.39 is 12.0 Å². The Balaban J connectivity index is 1.81. The number of piperidine rings is 1. The van der Waals surface area contributed by atoms with Gasteiger partial charge in [-0.05, 0) is 18.8 Å². The molecule has 3 rings (SSSR count). The molecule has 1 fully saturated rings. The zero-order chi connectivity index (χ0) is 15.0. The predicted molar refractivity (Wildman–Crippen MR) is 74.6 cm³/mol. The van der Waals surface area contributed by atoms with E-state index in [1.807, 2.05) is 0 Å². The van der Waals surface area contributed by atoms with Crippen LogP contribution in [0.4, 0.5) is 4.79 Å². The maximum Gasteiger partial charge on any atom is 0.326 e. The van der Waals surface area contributed by atoms with E-state index >= 15 is 0 Å². The number of carbonyl (C=O) groups is 2. The Morgan fingerprint density at radius 2 is 2.29 bits per heavy atom. The lowest BCUT2D eigenvalue weighted by atomic mass is 10.00. The highest BCUT2D eigenvalue weighted by Crippen LogP contribution is 2.24. The maximum atomic E-state index is 12.7. The van der Waals surface area contributed by atoms with Gasteiger partial charge < -0.3 is 19.9 Å². The number of nitrogens with zero attached hydrogens (tertiary/aromatic N) is 3. The number of amides is 2. The zero-order valence-electron chi connectivity index (χ0n) is 12.1. The summed E-state index contributed by atoms with van der Waals surface area (Å²) in [6, 6.07) is -1.00. The number of hydrogen-bond donors (Lipinski definition) is 2. The van der Waals surface area contributed by atoms with Crippen LogP contribution in [0.15, 0.2) is 6.33 Å². The number of likely N-dealkylation sites (tertiary alicyclic amines) is 1. The minimum atomic E-state index is -0.970. The van der Waals surface area contributed by atoms with Crippen molar-refractivity contribution in [3.05, 3.63) is 17.7 Å². The molecule has 114 valence electrons. The molecule has 2 atom stereocenters. The Labute approximate surface area is 122 Å². The van der Waals surface area contributed by atoms with E-state index in [4.69, 9.17) is 0 Å². The molecule has 1 aromatic rings. The number of urea groups is 1. The first-order valence-electron chi connectivity index (χ1n) is 7.35. The number of fused-ring (bicyclic) bond motifs is 1. The van der Waals surface area contributed by atoms with Crippen molar-refractivity contribution in [3.63, 3.8) is 0 Å². The summed E-state index contributed by atoms with van der Waals surface area (Å²) in [4.78, 5) is 34.6. The SMILES string of the molecule is CC1CCCN(C(=O)N2Cc3[nH]cnc3CC2C(=O)O)C1. The molecule has 2 aliphatic rings. The lowest BCUT2D eigenvalue weighted by Gasteiger charge is -2.39. The second kappa shape index (κ2) is 5.38. The first kappa shape index (κ1) is 13.9. The highest BCUT2D eigenvalue weighted by molar-refractivity contribution is 5.83. The van der Waals surface area contributed by atoms with Crippen molar-refractivity contribution in [2.45, 2.75) is 38.8 Å². The highest BCUT2D eigenvalue weighted by Gasteiger charge is 2.38. The number of rotatable bonds is 1. The summed E-state index contributed by atoms with van der Waals surface area (Å²) in [5.74, 6) is -0.499. The molecule has 2 amide bonds. The fourth-order valence-corrected chi connectivity index (χ4v) is 3.20. The average Bonchev–Trinajstić information content (AvgIpc) is 2.92. The van der Waals surface area contributed by atoms with Gasteiger partial charge in [0.15, 0.2) is 0 Å². The maximum absolute atomic E-state index is 12.7. The molecule has 0 aliphatic carbocycles. The fraction of sp³-hybridized carbons (Fsp3) is 0.643. The number of hydrogen-bond acceptors (Lipinski definition) is 3. The van der Waals surface area contributed by atoms with Gasteiger partial charge in [-0.1, -0.05) is 6.92 Å². The molecule has 7 nitrogen and oxygen atoms in total. The first-order chi connectivity index (χ1) is 10.1. The Bertz CT molecular complexity index is 556. The third kappa shape index (κ3) is 2.59. The van der Waals surface area contributed by atoms with Crippen LogP contribution < -0.4 is 0 Å². The number of carbonyl (C=O) groups excluding carboxylic acids is 1. The van der Waals surface area contributed by atoms with Crippen LogP contribution in [0.1, 0.15) is 31.2 Å². The fourth-order valence-electron chi connectivity index (χ4n) is 3.20. The van der Waals surface area contributed by atoms with Crippen LogP contribution in [0, 0.1) is 5.92 Å². The lowest BCUT2D eigenvalue weighted by Crippen LogP contribution is -2.55. The second-order valence-electron chi connectivity index (χ2n) is 5.99. The molecule has 2 aliphatic heterocycles. The summed E-state index contributed by atoms with van der Waals surface area (Å²) >= 11 is 0. The van der Waals surface area contributed by atoms with Gasteiger partial charge in [-0.3, -0.25) is 0 Å². The summed E-state index contributed by atoms with van der Waals surface area (Å²) in [6.45, 7) is 3.83. The predicted octanol–water partition coefficient (Wildman–Crippen LogP) is 1.07. The van der Waals surface area contributed by atoms with Gasteiger partial charge in [0.25, 0.3) is 0 Å². The molecule has 21 heavy (non-hydrogen) atoms. The van der Waals surface area contributed by atoms with Gasteiger partial charge in [0.05, 0.1) is 24.3 Å². The van der Waals surface area contributed by atoms with Crippen molar-refractivity contribution in [1.82, 2.24) is 19.8 Å². The minimum absolute atomic E-state index is 0.172. The van der Waals surface area contributed by atoms with Gasteiger partial charge >= 0.3 is 12.0 Å². The van der Waals surface area contributed by atoms with Gasteiger partial charge in [0.1, 0.15) is 6.04 Å². The van der Waals surface area contributed by atoms with E-state index in [1.54, 1.807) is 11.2 Å². The topological polar surface area (TPSA) is 89.5 Å². The molecule has 0 bridgehead atoms. The summed E-state index contributed by atoms with van der Waals surface area (Å²) in [5, 5.41) is 9.42. The van der Waals surface area contributed by atoms with Crippen molar-refractivity contribution in [2.75, 3.05) is 13.1 Å². The number of imidazole rings is 1. The van der Waals surface area contributed by atoms with Gasteiger partial charge in [-0.2, -0.15) is 0 Å². The number of aliphatic carboxylic acids is 1.